The Kier molecular flexibility index (Phi) is 6.19. The fraction of sp³-hybridized carbons (Fsp3) is 0.650. The molecule has 1 unspecified atom stereocenters. The Labute approximate surface area is 170 Å². The molecule has 3 aliphatic rings. The number of piperidine rings is 2. The van der Waals surface area contributed by atoms with Gasteiger partial charge in [-0.25, -0.2) is 12.8 Å². The second-order valence-corrected chi connectivity index (χ2v) is 9.72. The van der Waals surface area contributed by atoms with Crippen LogP contribution in [-0.2, 0) is 24.3 Å². The summed E-state index contributed by atoms with van der Waals surface area (Å²) < 4.78 is 52.1. The molecule has 3 heterocycles. The van der Waals surface area contributed by atoms with Crippen molar-refractivity contribution in [2.24, 2.45) is 5.92 Å². The molecule has 3 aliphatic heterocycles. The van der Waals surface area contributed by atoms with Crippen LogP contribution in [0.15, 0.2) is 29.2 Å². The van der Waals surface area contributed by atoms with Crippen LogP contribution < -0.4 is 0 Å². The Balaban J connectivity index is 1.41. The minimum Gasteiger partial charge on any atom is -0.348 e. The summed E-state index contributed by atoms with van der Waals surface area (Å²) in [5.74, 6) is -0.931. The van der Waals surface area contributed by atoms with E-state index in [0.717, 1.165) is 25.3 Å². The molecule has 7 nitrogen and oxygen atoms in total. The van der Waals surface area contributed by atoms with Gasteiger partial charge < -0.3 is 14.4 Å². The van der Waals surface area contributed by atoms with E-state index >= 15 is 0 Å². The molecule has 160 valence electrons. The van der Waals surface area contributed by atoms with Crippen LogP contribution in [0.4, 0.5) is 4.39 Å². The van der Waals surface area contributed by atoms with Gasteiger partial charge in [0, 0.05) is 25.6 Å². The molecular formula is C20H27FN2O5S. The topological polar surface area (TPSA) is 76.2 Å². The number of sulfonamides is 1. The van der Waals surface area contributed by atoms with Crippen LogP contribution in [0.2, 0.25) is 0 Å². The van der Waals surface area contributed by atoms with Crippen molar-refractivity contribution in [3.05, 3.63) is 30.1 Å². The van der Waals surface area contributed by atoms with Crippen LogP contribution in [0, 0.1) is 11.7 Å². The Morgan fingerprint density at radius 2 is 1.69 bits per heavy atom. The minimum atomic E-state index is -3.90. The summed E-state index contributed by atoms with van der Waals surface area (Å²) in [7, 11) is -3.90. The Morgan fingerprint density at radius 3 is 2.38 bits per heavy atom. The number of carbonyl (C=O) groups is 1. The maximum atomic E-state index is 14.0. The smallest absolute Gasteiger partial charge is 0.245 e. The first-order valence-electron chi connectivity index (χ1n) is 10.3. The van der Waals surface area contributed by atoms with Crippen molar-refractivity contribution >= 4 is 15.9 Å². The molecule has 3 fully saturated rings. The molecule has 29 heavy (non-hydrogen) atoms. The Morgan fingerprint density at radius 1 is 1.00 bits per heavy atom. The van der Waals surface area contributed by atoms with Crippen molar-refractivity contribution in [2.75, 3.05) is 32.8 Å². The highest BCUT2D eigenvalue weighted by molar-refractivity contribution is 7.89. The van der Waals surface area contributed by atoms with Crippen molar-refractivity contribution in [3.8, 4) is 0 Å². The standard InChI is InChI=1S/C20H27FN2O5S/c21-16-5-1-2-7-18(16)29(25,26)22-11-8-15(9-12-22)19(24)23-10-4-3-6-17(23)20-27-13-14-28-20/h1-2,5,7,15,17,20H,3-4,6,8-14H2. The summed E-state index contributed by atoms with van der Waals surface area (Å²) in [6.45, 7) is 2.20. The molecule has 1 aromatic carbocycles. The lowest BCUT2D eigenvalue weighted by Gasteiger charge is -2.41. The lowest BCUT2D eigenvalue weighted by Crippen LogP contribution is -2.53. The van der Waals surface area contributed by atoms with Crippen molar-refractivity contribution in [1.29, 1.82) is 0 Å². The zero-order valence-electron chi connectivity index (χ0n) is 16.3. The monoisotopic (exact) mass is 426 g/mol. The highest BCUT2D eigenvalue weighted by Gasteiger charge is 2.40. The number of amides is 1. The molecule has 0 saturated carbocycles. The number of carbonyl (C=O) groups excluding carboxylic acids is 1. The van der Waals surface area contributed by atoms with E-state index in [0.29, 0.717) is 32.6 Å². The van der Waals surface area contributed by atoms with Crippen molar-refractivity contribution in [2.45, 2.75) is 49.3 Å². The van der Waals surface area contributed by atoms with E-state index in [4.69, 9.17) is 9.47 Å². The number of rotatable bonds is 4. The highest BCUT2D eigenvalue weighted by atomic mass is 32.2. The molecule has 1 amide bonds. The number of hydrogen-bond acceptors (Lipinski definition) is 5. The average Bonchev–Trinajstić information content (AvgIpc) is 3.28. The van der Waals surface area contributed by atoms with Gasteiger partial charge in [0.2, 0.25) is 15.9 Å². The Hall–Kier alpha value is -1.55. The van der Waals surface area contributed by atoms with Crippen LogP contribution in [0.25, 0.3) is 0 Å². The van der Waals surface area contributed by atoms with Crippen molar-refractivity contribution in [3.63, 3.8) is 0 Å². The predicted octanol–water partition coefficient (Wildman–Crippen LogP) is 1.98. The molecule has 0 N–H and O–H groups in total. The van der Waals surface area contributed by atoms with Crippen LogP contribution in [0.1, 0.15) is 32.1 Å². The van der Waals surface area contributed by atoms with E-state index in [1.54, 1.807) is 0 Å². The van der Waals surface area contributed by atoms with Gasteiger partial charge in [-0.3, -0.25) is 4.79 Å². The fourth-order valence-electron chi connectivity index (χ4n) is 4.48. The summed E-state index contributed by atoms with van der Waals surface area (Å²) in [6, 6.07) is 5.33. The van der Waals surface area contributed by atoms with Gasteiger partial charge in [-0.1, -0.05) is 12.1 Å². The third kappa shape index (κ3) is 4.19. The number of benzene rings is 1. The van der Waals surface area contributed by atoms with Gasteiger partial charge in [0.1, 0.15) is 10.7 Å². The maximum Gasteiger partial charge on any atom is 0.245 e. The van der Waals surface area contributed by atoms with E-state index in [-0.39, 0.29) is 42.1 Å². The molecule has 9 heteroatoms. The quantitative estimate of drug-likeness (QED) is 0.736. The lowest BCUT2D eigenvalue weighted by molar-refractivity contribution is -0.155. The molecule has 0 radical (unpaired) electrons. The second-order valence-electron chi connectivity index (χ2n) is 7.81. The third-order valence-electron chi connectivity index (χ3n) is 6.05. The highest BCUT2D eigenvalue weighted by Crippen LogP contribution is 2.30. The van der Waals surface area contributed by atoms with E-state index in [1.807, 2.05) is 4.90 Å². The lowest BCUT2D eigenvalue weighted by atomic mass is 9.93. The number of nitrogens with zero attached hydrogens (tertiary/aromatic N) is 2. The molecule has 1 aromatic rings. The van der Waals surface area contributed by atoms with E-state index in [1.165, 1.54) is 22.5 Å². The zero-order valence-corrected chi connectivity index (χ0v) is 17.2. The maximum absolute atomic E-state index is 14.0. The van der Waals surface area contributed by atoms with Gasteiger partial charge in [0.05, 0.1) is 19.3 Å². The molecule has 0 spiro atoms. The number of ether oxygens (including phenoxy) is 2. The van der Waals surface area contributed by atoms with Gasteiger partial charge in [-0.2, -0.15) is 4.31 Å². The third-order valence-corrected chi connectivity index (χ3v) is 7.98. The van der Waals surface area contributed by atoms with Gasteiger partial charge in [-0.15, -0.1) is 0 Å². The summed E-state index contributed by atoms with van der Waals surface area (Å²) in [4.78, 5) is 14.8. The largest absolute Gasteiger partial charge is 0.348 e. The molecule has 3 saturated heterocycles. The van der Waals surface area contributed by atoms with Crippen LogP contribution in [0.5, 0.6) is 0 Å². The SMILES string of the molecule is O=C(C1CCN(S(=O)(=O)c2ccccc2F)CC1)N1CCCCC1C1OCCO1. The molecule has 1 atom stereocenters. The normalized spacial score (nSPS) is 25.4. The average molecular weight is 427 g/mol. The summed E-state index contributed by atoms with van der Waals surface area (Å²) in [5, 5.41) is 0. The Bertz CT molecular complexity index is 835. The number of hydrogen-bond donors (Lipinski definition) is 0. The molecule has 0 bridgehead atoms. The van der Waals surface area contributed by atoms with Gasteiger partial charge >= 0.3 is 0 Å². The first kappa shape index (κ1) is 20.7. The van der Waals surface area contributed by atoms with Crippen LogP contribution in [-0.4, -0.2) is 68.7 Å². The van der Waals surface area contributed by atoms with Crippen LogP contribution in [0.3, 0.4) is 0 Å². The molecule has 4 rings (SSSR count). The van der Waals surface area contributed by atoms with Gasteiger partial charge in [-0.05, 0) is 44.2 Å². The number of likely N-dealkylation sites (tertiary alicyclic amines) is 1. The predicted molar refractivity (Wildman–Crippen MR) is 103 cm³/mol. The van der Waals surface area contributed by atoms with E-state index in [2.05, 4.69) is 0 Å². The van der Waals surface area contributed by atoms with E-state index in [9.17, 15) is 17.6 Å². The van der Waals surface area contributed by atoms with Gasteiger partial charge in [0.25, 0.3) is 0 Å². The summed E-state index contributed by atoms with van der Waals surface area (Å²) >= 11 is 0. The fourth-order valence-corrected chi connectivity index (χ4v) is 6.02. The second kappa shape index (κ2) is 8.67. The van der Waals surface area contributed by atoms with Crippen LogP contribution >= 0.6 is 0 Å². The number of halogens is 1. The first-order valence-corrected chi connectivity index (χ1v) is 11.7. The summed E-state index contributed by atoms with van der Waals surface area (Å²) in [5.41, 5.74) is 0. The molecule has 0 aromatic heterocycles. The minimum absolute atomic E-state index is 0.0525. The van der Waals surface area contributed by atoms with E-state index < -0.39 is 15.8 Å². The molecule has 0 aliphatic carbocycles. The molecular weight excluding hydrogens is 399 g/mol. The van der Waals surface area contributed by atoms with Gasteiger partial charge in [0.15, 0.2) is 6.29 Å². The summed E-state index contributed by atoms with van der Waals surface area (Å²) in [6.07, 6.45) is 3.36. The zero-order chi connectivity index (χ0) is 20.4. The van der Waals surface area contributed by atoms with Crippen molar-refractivity contribution < 1.29 is 27.1 Å². The first-order chi connectivity index (χ1) is 14.0. The van der Waals surface area contributed by atoms with Crippen molar-refractivity contribution in [1.82, 2.24) is 9.21 Å².